The number of aliphatic imine (C=N–C) groups is 2. The van der Waals surface area contributed by atoms with Crippen LogP contribution in [0.15, 0.2) is 70.6 Å². The zero-order valence-electron chi connectivity index (χ0n) is 30.4. The molecule has 48 heavy (non-hydrogen) atoms. The molecule has 0 saturated carbocycles. The van der Waals surface area contributed by atoms with Crippen LogP contribution in [-0.4, -0.2) is 22.1 Å². The number of fused-ring (bicyclic) bond motifs is 1. The van der Waals surface area contributed by atoms with E-state index in [9.17, 15) is 10.2 Å². The van der Waals surface area contributed by atoms with E-state index in [1.165, 1.54) is 47.9 Å². The minimum atomic E-state index is -0.0193. The van der Waals surface area contributed by atoms with Gasteiger partial charge in [0.25, 0.3) is 0 Å². The Labute approximate surface area is 300 Å². The Bertz CT molecular complexity index is 1640. The molecular formula is C43H58N2NiO2. The molecule has 2 N–H and O–H groups in total. The van der Waals surface area contributed by atoms with Gasteiger partial charge in [-0.25, -0.2) is 0 Å². The van der Waals surface area contributed by atoms with E-state index >= 15 is 0 Å². The number of rotatable bonds is 15. The Morgan fingerprint density at radius 3 is 1.85 bits per heavy atom. The van der Waals surface area contributed by atoms with Gasteiger partial charge in [0.2, 0.25) is 0 Å². The van der Waals surface area contributed by atoms with Crippen molar-refractivity contribution in [3.8, 4) is 11.5 Å². The molecule has 4 nitrogen and oxygen atoms in total. The molecule has 0 unspecified atom stereocenters. The Morgan fingerprint density at radius 2 is 1.25 bits per heavy atom. The maximum absolute atomic E-state index is 9.88. The van der Waals surface area contributed by atoms with E-state index in [1.54, 1.807) is 6.07 Å². The van der Waals surface area contributed by atoms with Gasteiger partial charge in [-0.05, 0) is 127 Å². The summed E-state index contributed by atoms with van der Waals surface area (Å²) in [6.45, 7) is 15.3. The first kappa shape index (κ1) is 40.7. The minimum Gasteiger partial charge on any atom is -0.504 e. The van der Waals surface area contributed by atoms with Crippen LogP contribution < -0.4 is 0 Å². The van der Waals surface area contributed by atoms with Crippen LogP contribution in [-0.2, 0) is 48.6 Å². The largest absolute Gasteiger partial charge is 0.504 e. The van der Waals surface area contributed by atoms with Crippen LogP contribution in [0.25, 0.3) is 10.8 Å². The van der Waals surface area contributed by atoms with Crippen molar-refractivity contribution in [1.29, 1.82) is 0 Å². The standard InChI is InChI=1S/C28H40N2.C15H18O2.Ni/c1-6-11-12-13-14-28(30-27-18-16-23(8-3)25(10-5)20-27)21-29-26-17-15-22(7-2)24(9-4)19-26;1-3-4-7-11-9-13(16)15(17)12-8-5-6-10(2)14(11)12;/h15-21H,6-14H2,1-5H3;5-6,8-9,16-17H,3-4,7H2,1-2H3;. The molecule has 0 fully saturated rings. The van der Waals surface area contributed by atoms with Gasteiger partial charge in [-0.1, -0.05) is 97.6 Å². The van der Waals surface area contributed by atoms with Gasteiger partial charge in [0.05, 0.1) is 17.1 Å². The van der Waals surface area contributed by atoms with Gasteiger partial charge in [-0.15, -0.1) is 0 Å². The van der Waals surface area contributed by atoms with Gasteiger partial charge in [0, 0.05) is 28.1 Å². The summed E-state index contributed by atoms with van der Waals surface area (Å²) in [7, 11) is 0. The molecule has 0 heterocycles. The normalized spacial score (nSPS) is 11.4. The first-order valence-corrected chi connectivity index (χ1v) is 18.1. The number of aromatic hydroxyl groups is 2. The Kier molecular flexibility index (Phi) is 18.3. The first-order chi connectivity index (χ1) is 22.8. The molecular weight excluding hydrogens is 635 g/mol. The summed E-state index contributed by atoms with van der Waals surface area (Å²) in [6, 6.07) is 20.7. The Morgan fingerprint density at radius 1 is 0.646 bits per heavy atom. The van der Waals surface area contributed by atoms with Crippen LogP contribution in [0, 0.1) is 6.92 Å². The third kappa shape index (κ3) is 11.6. The fourth-order valence-corrected chi connectivity index (χ4v) is 6.22. The van der Waals surface area contributed by atoms with Crippen molar-refractivity contribution < 1.29 is 26.7 Å². The second kappa shape index (κ2) is 21.5. The van der Waals surface area contributed by atoms with Gasteiger partial charge in [0.15, 0.2) is 11.5 Å². The average molecular weight is 694 g/mol. The number of phenolic OH excluding ortho intramolecular Hbond substituents is 2. The van der Waals surface area contributed by atoms with Crippen molar-refractivity contribution in [3.05, 3.63) is 94.0 Å². The van der Waals surface area contributed by atoms with E-state index in [-0.39, 0.29) is 28.0 Å². The van der Waals surface area contributed by atoms with E-state index in [2.05, 4.69) is 77.9 Å². The SMILES string of the molecule is CCCCCCC(C=Nc1ccc(CC)c(CC)c1)=Nc1ccc(CC)c(CC)c1.CCCCc1cc(O)c(O)c2cccc(C)c12.[Ni]. The molecule has 0 atom stereocenters. The molecule has 4 aromatic carbocycles. The second-order valence-electron chi connectivity index (χ2n) is 12.5. The smallest absolute Gasteiger partial charge is 0.165 e. The maximum atomic E-state index is 9.88. The molecule has 4 rings (SSSR count). The van der Waals surface area contributed by atoms with Gasteiger partial charge in [-0.2, -0.15) is 0 Å². The quantitative estimate of drug-likeness (QED) is 0.0563. The molecule has 0 aromatic heterocycles. The topological polar surface area (TPSA) is 65.2 Å². The average Bonchev–Trinajstić information content (AvgIpc) is 3.09. The summed E-state index contributed by atoms with van der Waals surface area (Å²) in [6.07, 6.45) is 15.3. The van der Waals surface area contributed by atoms with Gasteiger partial charge in [0.1, 0.15) is 0 Å². The van der Waals surface area contributed by atoms with Gasteiger partial charge in [-0.3, -0.25) is 9.98 Å². The number of benzene rings is 4. The zero-order valence-corrected chi connectivity index (χ0v) is 31.4. The number of unbranched alkanes of at least 4 members (excludes halogenated alkanes) is 4. The molecule has 0 bridgehead atoms. The van der Waals surface area contributed by atoms with Crippen LogP contribution in [0.1, 0.15) is 120 Å². The summed E-state index contributed by atoms with van der Waals surface area (Å²) in [4.78, 5) is 9.81. The number of aryl methyl sites for hydroxylation is 6. The predicted octanol–water partition coefficient (Wildman–Crippen LogP) is 12.3. The van der Waals surface area contributed by atoms with Crippen molar-refractivity contribution in [2.24, 2.45) is 9.98 Å². The van der Waals surface area contributed by atoms with Crippen LogP contribution in [0.4, 0.5) is 11.4 Å². The number of hydrogen-bond donors (Lipinski definition) is 2. The van der Waals surface area contributed by atoms with Crippen molar-refractivity contribution in [3.63, 3.8) is 0 Å². The van der Waals surface area contributed by atoms with Gasteiger partial charge < -0.3 is 10.2 Å². The third-order valence-corrected chi connectivity index (χ3v) is 9.03. The fourth-order valence-electron chi connectivity index (χ4n) is 6.22. The Hall–Kier alpha value is -3.43. The second-order valence-corrected chi connectivity index (χ2v) is 12.5. The van der Waals surface area contributed by atoms with Crippen molar-refractivity contribution in [1.82, 2.24) is 0 Å². The van der Waals surface area contributed by atoms with Crippen molar-refractivity contribution in [2.45, 2.75) is 126 Å². The molecule has 4 aromatic rings. The van der Waals surface area contributed by atoms with E-state index in [0.29, 0.717) is 0 Å². The molecule has 0 saturated heterocycles. The molecule has 5 heteroatoms. The summed E-state index contributed by atoms with van der Waals surface area (Å²) in [5.41, 5.74) is 11.1. The number of hydrogen-bond acceptors (Lipinski definition) is 4. The molecule has 0 aliphatic heterocycles. The zero-order chi connectivity index (χ0) is 34.2. The number of nitrogens with zero attached hydrogens (tertiary/aromatic N) is 2. The van der Waals surface area contributed by atoms with E-state index in [0.717, 1.165) is 90.4 Å². The maximum Gasteiger partial charge on any atom is 0.165 e. The van der Waals surface area contributed by atoms with Crippen molar-refractivity contribution >= 4 is 34.1 Å². The first-order valence-electron chi connectivity index (χ1n) is 18.1. The van der Waals surface area contributed by atoms with Crippen molar-refractivity contribution in [2.75, 3.05) is 0 Å². The monoisotopic (exact) mass is 692 g/mol. The predicted molar refractivity (Wildman–Crippen MR) is 205 cm³/mol. The summed E-state index contributed by atoms with van der Waals surface area (Å²) >= 11 is 0. The summed E-state index contributed by atoms with van der Waals surface area (Å²) in [5.74, 6) is -0.0295. The summed E-state index contributed by atoms with van der Waals surface area (Å²) < 4.78 is 0. The van der Waals surface area contributed by atoms with Gasteiger partial charge >= 0.3 is 0 Å². The van der Waals surface area contributed by atoms with Crippen LogP contribution in [0.3, 0.4) is 0 Å². The van der Waals surface area contributed by atoms with Crippen LogP contribution in [0.5, 0.6) is 11.5 Å². The molecule has 262 valence electrons. The molecule has 0 aliphatic rings. The minimum absolute atomic E-state index is 0. The summed E-state index contributed by atoms with van der Waals surface area (Å²) in [5, 5.41) is 21.4. The van der Waals surface area contributed by atoms with Crippen LogP contribution in [0.2, 0.25) is 0 Å². The van der Waals surface area contributed by atoms with E-state index in [1.807, 2.05) is 31.3 Å². The third-order valence-electron chi connectivity index (χ3n) is 9.03. The van der Waals surface area contributed by atoms with Crippen LogP contribution >= 0.6 is 0 Å². The molecule has 0 aliphatic carbocycles. The van der Waals surface area contributed by atoms with E-state index < -0.39 is 0 Å². The Balaban J connectivity index is 0.000000376. The fraction of sp³-hybridized carbons (Fsp3) is 0.442. The van der Waals surface area contributed by atoms with E-state index in [4.69, 9.17) is 9.98 Å². The molecule has 0 radical (unpaired) electrons. The number of phenols is 2. The molecule has 0 amide bonds. The molecule has 0 spiro atoms.